The molecule has 0 heterocycles. The van der Waals surface area contributed by atoms with Crippen molar-refractivity contribution in [2.45, 2.75) is 64.7 Å². The minimum Gasteiger partial charge on any atom is -0.396 e. The molecular weight excluding hydrogens is 306 g/mol. The Morgan fingerprint density at radius 1 is 1.00 bits per heavy atom. The monoisotopic (exact) mass is 335 g/mol. The Kier molecular flexibility index (Phi) is 14.3. The third-order valence-corrected chi connectivity index (χ3v) is 3.81. The van der Waals surface area contributed by atoms with E-state index in [0.717, 1.165) is 31.1 Å². The van der Waals surface area contributed by atoms with E-state index in [0.29, 0.717) is 19.4 Å². The summed E-state index contributed by atoms with van der Waals surface area (Å²) in [4.78, 5) is 14.0. The summed E-state index contributed by atoms with van der Waals surface area (Å²) in [5.41, 5.74) is 0. The van der Waals surface area contributed by atoms with Gasteiger partial charge in [0.1, 0.15) is 0 Å². The van der Waals surface area contributed by atoms with Gasteiger partial charge in [0.2, 0.25) is 5.91 Å². The van der Waals surface area contributed by atoms with Gasteiger partial charge in [0.05, 0.1) is 0 Å². The lowest BCUT2D eigenvalue weighted by Gasteiger charge is -2.22. The van der Waals surface area contributed by atoms with Crippen molar-refractivity contribution in [3.63, 3.8) is 0 Å². The summed E-state index contributed by atoms with van der Waals surface area (Å²) in [5.74, 6) is 0.255. The Morgan fingerprint density at radius 2 is 1.68 bits per heavy atom. The number of rotatable bonds is 13. The van der Waals surface area contributed by atoms with E-state index >= 15 is 0 Å². The molecule has 0 aromatic carbocycles. The highest BCUT2D eigenvalue weighted by molar-refractivity contribution is 9.09. The number of alkyl halides is 1. The van der Waals surface area contributed by atoms with Crippen LogP contribution in [0, 0.1) is 0 Å². The van der Waals surface area contributed by atoms with Crippen LogP contribution in [-0.2, 0) is 4.79 Å². The van der Waals surface area contributed by atoms with Gasteiger partial charge in [-0.2, -0.15) is 0 Å². The summed E-state index contributed by atoms with van der Waals surface area (Å²) >= 11 is 3.39. The number of hydrogen-bond acceptors (Lipinski definition) is 2. The lowest BCUT2D eigenvalue weighted by molar-refractivity contribution is -0.131. The van der Waals surface area contributed by atoms with Crippen LogP contribution in [0.2, 0.25) is 0 Å². The first-order valence-electron chi connectivity index (χ1n) is 7.70. The molecule has 19 heavy (non-hydrogen) atoms. The molecule has 0 rings (SSSR count). The SMILES string of the molecule is CCCCCCCN(CCCO)C(=O)CCCCBr. The van der Waals surface area contributed by atoms with E-state index in [1.807, 2.05) is 4.90 Å². The van der Waals surface area contributed by atoms with E-state index in [9.17, 15) is 4.79 Å². The second kappa shape index (κ2) is 14.3. The zero-order chi connectivity index (χ0) is 14.3. The Balaban J connectivity index is 3.88. The minimum absolute atomic E-state index is 0.168. The number of nitrogens with zero attached hydrogens (tertiary/aromatic N) is 1. The fourth-order valence-electron chi connectivity index (χ4n) is 2.06. The summed E-state index contributed by atoms with van der Waals surface area (Å²) in [6, 6.07) is 0. The molecule has 0 aliphatic heterocycles. The fourth-order valence-corrected chi connectivity index (χ4v) is 2.45. The van der Waals surface area contributed by atoms with Gasteiger partial charge in [-0.25, -0.2) is 0 Å². The van der Waals surface area contributed by atoms with E-state index in [1.54, 1.807) is 0 Å². The molecule has 1 N–H and O–H groups in total. The molecule has 0 unspecified atom stereocenters. The number of amides is 1. The van der Waals surface area contributed by atoms with Crippen LogP contribution in [-0.4, -0.2) is 40.9 Å². The molecule has 0 aromatic rings. The average molecular weight is 336 g/mol. The van der Waals surface area contributed by atoms with Crippen LogP contribution in [0.3, 0.4) is 0 Å². The van der Waals surface area contributed by atoms with Crippen molar-refractivity contribution in [1.82, 2.24) is 4.90 Å². The predicted molar refractivity (Wildman–Crippen MR) is 84.7 cm³/mol. The molecule has 0 bridgehead atoms. The van der Waals surface area contributed by atoms with Crippen molar-refractivity contribution in [2.24, 2.45) is 0 Å². The molecule has 1 amide bonds. The topological polar surface area (TPSA) is 40.5 Å². The molecule has 114 valence electrons. The molecule has 0 radical (unpaired) electrons. The van der Waals surface area contributed by atoms with Crippen molar-refractivity contribution in [3.8, 4) is 0 Å². The molecule has 0 saturated heterocycles. The van der Waals surface area contributed by atoms with Crippen LogP contribution in [0.25, 0.3) is 0 Å². The maximum atomic E-state index is 12.1. The smallest absolute Gasteiger partial charge is 0.222 e. The molecular formula is C15H30BrNO2. The van der Waals surface area contributed by atoms with Crippen LogP contribution in [0.5, 0.6) is 0 Å². The summed E-state index contributed by atoms with van der Waals surface area (Å²) in [6.45, 7) is 3.94. The number of carbonyl (C=O) groups is 1. The van der Waals surface area contributed by atoms with Crippen LogP contribution >= 0.6 is 15.9 Å². The van der Waals surface area contributed by atoms with Gasteiger partial charge in [-0.1, -0.05) is 48.5 Å². The second-order valence-electron chi connectivity index (χ2n) is 5.02. The molecule has 3 nitrogen and oxygen atoms in total. The van der Waals surface area contributed by atoms with E-state index in [2.05, 4.69) is 22.9 Å². The summed E-state index contributed by atoms with van der Waals surface area (Å²) in [7, 11) is 0. The third-order valence-electron chi connectivity index (χ3n) is 3.24. The zero-order valence-corrected chi connectivity index (χ0v) is 14.0. The summed E-state index contributed by atoms with van der Waals surface area (Å²) in [5, 5.41) is 9.87. The lowest BCUT2D eigenvalue weighted by Crippen LogP contribution is -2.33. The van der Waals surface area contributed by atoms with Crippen LogP contribution in [0.15, 0.2) is 0 Å². The summed E-state index contributed by atoms with van der Waals surface area (Å²) in [6.07, 6.45) is 9.45. The van der Waals surface area contributed by atoms with Gasteiger partial charge in [-0.15, -0.1) is 0 Å². The molecule has 0 fully saturated rings. The maximum absolute atomic E-state index is 12.1. The van der Waals surface area contributed by atoms with E-state index in [-0.39, 0.29) is 12.5 Å². The maximum Gasteiger partial charge on any atom is 0.222 e. The molecule has 0 spiro atoms. The number of hydrogen-bond donors (Lipinski definition) is 1. The molecule has 0 aromatic heterocycles. The van der Waals surface area contributed by atoms with E-state index < -0.39 is 0 Å². The van der Waals surface area contributed by atoms with Crippen molar-refractivity contribution in [2.75, 3.05) is 25.0 Å². The Bertz CT molecular complexity index is 212. The quantitative estimate of drug-likeness (QED) is 0.411. The van der Waals surface area contributed by atoms with Crippen molar-refractivity contribution >= 4 is 21.8 Å². The van der Waals surface area contributed by atoms with Crippen molar-refractivity contribution < 1.29 is 9.90 Å². The molecule has 0 aliphatic carbocycles. The van der Waals surface area contributed by atoms with Gasteiger partial charge in [-0.3, -0.25) is 4.79 Å². The Morgan fingerprint density at radius 3 is 2.32 bits per heavy atom. The molecule has 4 heteroatoms. The normalized spacial score (nSPS) is 10.7. The van der Waals surface area contributed by atoms with Crippen LogP contribution in [0.1, 0.15) is 64.7 Å². The average Bonchev–Trinajstić information content (AvgIpc) is 2.42. The highest BCUT2D eigenvalue weighted by atomic mass is 79.9. The number of unbranched alkanes of at least 4 members (excludes halogenated alkanes) is 5. The minimum atomic E-state index is 0.168. The van der Waals surface area contributed by atoms with Gasteiger partial charge < -0.3 is 10.0 Å². The van der Waals surface area contributed by atoms with Crippen LogP contribution in [0.4, 0.5) is 0 Å². The predicted octanol–water partition coefficient (Wildman–Crippen LogP) is 3.73. The first kappa shape index (κ1) is 18.9. The molecule has 0 saturated carbocycles. The van der Waals surface area contributed by atoms with Gasteiger partial charge in [0.15, 0.2) is 0 Å². The van der Waals surface area contributed by atoms with Gasteiger partial charge in [0, 0.05) is 31.4 Å². The number of carbonyl (C=O) groups excluding carboxylic acids is 1. The second-order valence-corrected chi connectivity index (χ2v) is 5.81. The largest absolute Gasteiger partial charge is 0.396 e. The zero-order valence-electron chi connectivity index (χ0n) is 12.4. The van der Waals surface area contributed by atoms with Crippen molar-refractivity contribution in [1.29, 1.82) is 0 Å². The van der Waals surface area contributed by atoms with E-state index in [4.69, 9.17) is 5.11 Å². The standard InChI is InChI=1S/C15H30BrNO2/c1-2-3-4-5-8-12-17(13-9-14-18)15(19)10-6-7-11-16/h18H,2-14H2,1H3. The number of aliphatic hydroxyl groups is 1. The number of halogens is 1. The number of aliphatic hydroxyl groups excluding tert-OH is 1. The molecule has 0 aliphatic rings. The van der Waals surface area contributed by atoms with Gasteiger partial charge in [0.25, 0.3) is 0 Å². The highest BCUT2D eigenvalue weighted by Gasteiger charge is 2.12. The highest BCUT2D eigenvalue weighted by Crippen LogP contribution is 2.08. The Hall–Kier alpha value is -0.0900. The third kappa shape index (κ3) is 11.4. The van der Waals surface area contributed by atoms with Gasteiger partial charge >= 0.3 is 0 Å². The first-order valence-corrected chi connectivity index (χ1v) is 8.83. The van der Waals surface area contributed by atoms with Crippen molar-refractivity contribution in [3.05, 3.63) is 0 Å². The lowest BCUT2D eigenvalue weighted by atomic mass is 10.1. The molecule has 0 atom stereocenters. The van der Waals surface area contributed by atoms with Gasteiger partial charge in [-0.05, 0) is 25.7 Å². The first-order chi connectivity index (χ1) is 9.26. The van der Waals surface area contributed by atoms with E-state index in [1.165, 1.54) is 25.7 Å². The summed E-state index contributed by atoms with van der Waals surface area (Å²) < 4.78 is 0. The fraction of sp³-hybridized carbons (Fsp3) is 0.933. The van der Waals surface area contributed by atoms with Crippen LogP contribution < -0.4 is 0 Å². The Labute approximate surface area is 126 Å².